The number of aryl methyl sites for hydroxylation is 2. The van der Waals surface area contributed by atoms with Crippen LogP contribution in [0.4, 0.5) is 13.2 Å². The molecule has 12 heteroatoms. The number of benzene rings is 4. The van der Waals surface area contributed by atoms with Crippen LogP contribution in [0.2, 0.25) is 0 Å². The molecule has 65 heavy (non-hydrogen) atoms. The lowest BCUT2D eigenvalue weighted by Gasteiger charge is -2.37. The van der Waals surface area contributed by atoms with Crippen LogP contribution < -0.4 is 9.47 Å². The Bertz CT molecular complexity index is 2200. The summed E-state index contributed by atoms with van der Waals surface area (Å²) in [6, 6.07) is 27.0. The summed E-state index contributed by atoms with van der Waals surface area (Å²) in [7, 11) is 0. The van der Waals surface area contributed by atoms with E-state index in [0.717, 1.165) is 114 Å². The minimum absolute atomic E-state index is 0.0337. The lowest BCUT2D eigenvalue weighted by molar-refractivity contribution is -0.152. The van der Waals surface area contributed by atoms with E-state index >= 15 is 0 Å². The molecule has 4 aromatic rings. The second-order valence-electron chi connectivity index (χ2n) is 17.5. The molecule has 0 radical (unpaired) electrons. The van der Waals surface area contributed by atoms with Gasteiger partial charge in [-0.3, -0.25) is 5.41 Å². The summed E-state index contributed by atoms with van der Waals surface area (Å²) >= 11 is 1.43. The summed E-state index contributed by atoms with van der Waals surface area (Å²) < 4.78 is 61.5. The zero-order valence-corrected chi connectivity index (χ0v) is 39.1. The molecule has 2 fully saturated rings. The van der Waals surface area contributed by atoms with Gasteiger partial charge in [0.15, 0.2) is 5.17 Å². The molecular formula is C53H66F3N3O5S. The second-order valence-corrected chi connectivity index (χ2v) is 18.6. The summed E-state index contributed by atoms with van der Waals surface area (Å²) in [6.45, 7) is 10.8. The summed E-state index contributed by atoms with van der Waals surface area (Å²) in [6.07, 6.45) is 10.9. The number of nitrogens with zero attached hydrogens (tertiary/aromatic N) is 2. The first-order valence-corrected chi connectivity index (χ1v) is 24.3. The third-order valence-corrected chi connectivity index (χ3v) is 14.0. The predicted molar refractivity (Wildman–Crippen MR) is 256 cm³/mol. The molecule has 2 aliphatic rings. The van der Waals surface area contributed by atoms with Crippen molar-refractivity contribution in [2.75, 3.05) is 26.4 Å². The Morgan fingerprint density at radius 2 is 1.57 bits per heavy atom. The second kappa shape index (κ2) is 24.6. The van der Waals surface area contributed by atoms with Crippen LogP contribution in [0.5, 0.6) is 11.5 Å². The highest BCUT2D eigenvalue weighted by Gasteiger charge is 2.38. The highest BCUT2D eigenvalue weighted by Crippen LogP contribution is 2.41. The minimum atomic E-state index is -4.79. The van der Waals surface area contributed by atoms with Crippen LogP contribution in [0.15, 0.2) is 101 Å². The van der Waals surface area contributed by atoms with Crippen LogP contribution in [0.1, 0.15) is 113 Å². The summed E-state index contributed by atoms with van der Waals surface area (Å²) in [5, 5.41) is 18.4. The highest BCUT2D eigenvalue weighted by molar-refractivity contribution is 8.13. The number of esters is 1. The molecule has 0 aromatic heterocycles. The van der Waals surface area contributed by atoms with Gasteiger partial charge in [0.25, 0.3) is 0 Å². The first kappa shape index (κ1) is 49.6. The fourth-order valence-corrected chi connectivity index (χ4v) is 9.70. The Hall–Kier alpha value is -4.81. The van der Waals surface area contributed by atoms with Crippen molar-refractivity contribution in [1.29, 1.82) is 5.41 Å². The van der Waals surface area contributed by atoms with Crippen molar-refractivity contribution < 1.29 is 36.9 Å². The topological polar surface area (TPSA) is 93.4 Å². The number of alkyl halides is 3. The van der Waals surface area contributed by atoms with E-state index in [2.05, 4.69) is 81.9 Å². The largest absolute Gasteiger partial charge is 0.493 e. The number of carbonyl (C=O) groups is 1. The van der Waals surface area contributed by atoms with E-state index in [-0.39, 0.29) is 19.3 Å². The quantitative estimate of drug-likeness (QED) is 0.0169. The smallest absolute Gasteiger partial charge is 0.422 e. The van der Waals surface area contributed by atoms with Gasteiger partial charge in [-0.15, -0.1) is 0 Å². The average Bonchev–Trinajstić information content (AvgIpc) is 3.32. The van der Waals surface area contributed by atoms with Crippen LogP contribution in [-0.4, -0.2) is 61.0 Å². The van der Waals surface area contributed by atoms with Gasteiger partial charge in [0, 0.05) is 17.0 Å². The molecule has 0 atom stereocenters. The molecule has 0 unspecified atom stereocenters. The molecule has 0 aliphatic heterocycles. The SMILES string of the molecule is C=C(C(=O)OCCOC1CCC(C2CCC(COc3ccc4c(/C=N/N(CCCCCC)C(=N)Sc5ccccc5C)c(OCc5ccc(CC)cc5)ccc4c3)CC2)CC1)C(F)(F)F. The maximum Gasteiger partial charge on any atom is 0.422 e. The molecule has 0 spiro atoms. The van der Waals surface area contributed by atoms with Crippen LogP contribution in [0, 0.1) is 30.1 Å². The molecule has 4 aromatic carbocycles. The van der Waals surface area contributed by atoms with Gasteiger partial charge in [0.2, 0.25) is 0 Å². The van der Waals surface area contributed by atoms with E-state index in [4.69, 9.17) is 29.5 Å². The van der Waals surface area contributed by atoms with Crippen molar-refractivity contribution in [2.45, 2.75) is 128 Å². The maximum atomic E-state index is 12.6. The van der Waals surface area contributed by atoms with Crippen LogP contribution in [0.25, 0.3) is 10.8 Å². The Labute approximate surface area is 387 Å². The van der Waals surface area contributed by atoms with E-state index in [0.29, 0.717) is 42.7 Å². The fraction of sp³-hybridized carbons (Fsp3) is 0.491. The van der Waals surface area contributed by atoms with E-state index in [9.17, 15) is 18.0 Å². The standard InChI is InChI=1S/C53H66F3N3O5S/c1-5-7-8-11-30-59(52(57)65-50-13-10-9-12-37(50)3)58-34-48-47-28-27-46(33-44(47)24-29-49(48)64-36-40-16-14-39(6-2)15-17-40)63-35-41-18-20-42(21-19-41)43-22-25-45(26-23-43)61-31-32-62-51(60)38(4)53(54,55)56/h9-10,12-17,24,27-29,33-34,41-43,45,57H,4-8,11,18-23,25-26,30-32,35-36H2,1-3H3/b57-52?,58-34+. The van der Waals surface area contributed by atoms with Gasteiger partial charge in [-0.25, -0.2) is 9.80 Å². The lowest BCUT2D eigenvalue weighted by atomic mass is 9.71. The van der Waals surface area contributed by atoms with E-state index in [1.54, 1.807) is 0 Å². The molecule has 0 bridgehead atoms. The minimum Gasteiger partial charge on any atom is -0.493 e. The number of thioether (sulfide) groups is 1. The molecule has 350 valence electrons. The van der Waals surface area contributed by atoms with Crippen molar-refractivity contribution in [3.63, 3.8) is 0 Å². The van der Waals surface area contributed by atoms with Gasteiger partial charge in [-0.2, -0.15) is 18.3 Å². The Kier molecular flexibility index (Phi) is 18.8. The number of unbranched alkanes of at least 4 members (excludes halogenated alkanes) is 3. The number of ether oxygens (including phenoxy) is 4. The number of amidine groups is 1. The molecule has 6 rings (SSSR count). The monoisotopic (exact) mass is 913 g/mol. The number of rotatable bonds is 21. The van der Waals surface area contributed by atoms with Crippen LogP contribution >= 0.6 is 11.8 Å². The van der Waals surface area contributed by atoms with Crippen molar-refractivity contribution in [3.05, 3.63) is 113 Å². The lowest BCUT2D eigenvalue weighted by Crippen LogP contribution is -2.30. The van der Waals surface area contributed by atoms with Crippen molar-refractivity contribution in [3.8, 4) is 11.5 Å². The molecular weight excluding hydrogens is 848 g/mol. The van der Waals surface area contributed by atoms with Gasteiger partial charge in [-0.1, -0.05) is 100.0 Å². The molecule has 2 aliphatic carbocycles. The number of halogens is 3. The molecule has 0 heterocycles. The predicted octanol–water partition coefficient (Wildman–Crippen LogP) is 13.7. The number of carbonyl (C=O) groups excluding carboxylic acids is 1. The summed E-state index contributed by atoms with van der Waals surface area (Å²) in [4.78, 5) is 12.6. The van der Waals surface area contributed by atoms with Crippen LogP contribution in [-0.2, 0) is 27.3 Å². The zero-order valence-electron chi connectivity index (χ0n) is 38.3. The van der Waals surface area contributed by atoms with Crippen molar-refractivity contribution in [1.82, 2.24) is 5.01 Å². The average molecular weight is 914 g/mol. The van der Waals surface area contributed by atoms with E-state index in [1.165, 1.54) is 30.2 Å². The van der Waals surface area contributed by atoms with Gasteiger partial charge in [0.1, 0.15) is 30.3 Å². The van der Waals surface area contributed by atoms with E-state index < -0.39 is 17.7 Å². The molecule has 0 amide bonds. The number of hydrogen-bond acceptors (Lipinski definition) is 8. The fourth-order valence-electron chi connectivity index (χ4n) is 8.87. The maximum absolute atomic E-state index is 12.6. The molecule has 2 saturated carbocycles. The summed E-state index contributed by atoms with van der Waals surface area (Å²) in [5.74, 6) is 1.91. The molecule has 1 N–H and O–H groups in total. The van der Waals surface area contributed by atoms with Crippen molar-refractivity contribution >= 4 is 39.9 Å². The van der Waals surface area contributed by atoms with Crippen molar-refractivity contribution in [2.24, 2.45) is 22.9 Å². The number of fused-ring (bicyclic) bond motifs is 1. The number of hydrogen-bond donors (Lipinski definition) is 1. The van der Waals surface area contributed by atoms with Crippen LogP contribution in [0.3, 0.4) is 0 Å². The first-order chi connectivity index (χ1) is 31.4. The zero-order chi connectivity index (χ0) is 46.2. The number of hydrazone groups is 1. The Morgan fingerprint density at radius 1 is 0.862 bits per heavy atom. The van der Waals surface area contributed by atoms with Gasteiger partial charge < -0.3 is 18.9 Å². The summed E-state index contributed by atoms with van der Waals surface area (Å²) in [5.41, 5.74) is 2.87. The third kappa shape index (κ3) is 14.8. The normalized spacial score (nSPS) is 19.0. The molecule has 0 saturated heterocycles. The van der Waals surface area contributed by atoms with Gasteiger partial charge in [-0.05, 0) is 147 Å². The van der Waals surface area contributed by atoms with Gasteiger partial charge in [0.05, 0.1) is 25.5 Å². The van der Waals surface area contributed by atoms with Gasteiger partial charge >= 0.3 is 12.1 Å². The number of nitrogens with one attached hydrogen (secondary N) is 1. The molecule has 8 nitrogen and oxygen atoms in total. The third-order valence-electron chi connectivity index (χ3n) is 12.9. The Balaban J connectivity index is 1.06. The van der Waals surface area contributed by atoms with E-state index in [1.807, 2.05) is 35.5 Å². The highest BCUT2D eigenvalue weighted by atomic mass is 32.2. The Morgan fingerprint density at radius 3 is 2.26 bits per heavy atom. The first-order valence-electron chi connectivity index (χ1n) is 23.5.